The fraction of sp³-hybridized carbons (Fsp3) is 0.174. The summed E-state index contributed by atoms with van der Waals surface area (Å²) in [5.74, 6) is -0.137. The largest absolute Gasteiger partial charge is 0.451 e. The van der Waals surface area contributed by atoms with E-state index < -0.39 is 12.1 Å². The van der Waals surface area contributed by atoms with Gasteiger partial charge in [0, 0.05) is 17.1 Å². The average molecular weight is 387 g/mol. The molecule has 1 N–H and O–H groups in total. The third-order valence-corrected chi connectivity index (χ3v) is 4.97. The Bertz CT molecular complexity index is 1260. The number of aromatic amines is 1. The molecule has 6 nitrogen and oxygen atoms in total. The Labute approximate surface area is 167 Å². The van der Waals surface area contributed by atoms with Crippen LogP contribution in [-0.4, -0.2) is 20.5 Å². The van der Waals surface area contributed by atoms with E-state index in [0.717, 1.165) is 17.1 Å². The van der Waals surface area contributed by atoms with E-state index in [1.807, 2.05) is 60.9 Å². The lowest BCUT2D eigenvalue weighted by molar-refractivity contribution is 0.0319. The molecule has 4 aromatic rings. The van der Waals surface area contributed by atoms with Gasteiger partial charge in [0.25, 0.3) is 5.56 Å². The Morgan fingerprint density at radius 3 is 2.52 bits per heavy atom. The third kappa shape index (κ3) is 3.45. The van der Waals surface area contributed by atoms with E-state index >= 15 is 0 Å². The highest BCUT2D eigenvalue weighted by Crippen LogP contribution is 2.23. The molecule has 0 radical (unpaired) electrons. The minimum Gasteiger partial charge on any atom is -0.451 e. The summed E-state index contributed by atoms with van der Waals surface area (Å²) < 4.78 is 7.64. The van der Waals surface area contributed by atoms with Gasteiger partial charge in [0.05, 0.1) is 16.5 Å². The molecular weight excluding hydrogens is 366 g/mol. The van der Waals surface area contributed by atoms with Crippen LogP contribution < -0.4 is 5.56 Å². The highest BCUT2D eigenvalue weighted by molar-refractivity contribution is 5.91. The second-order valence-electron chi connectivity index (χ2n) is 6.97. The fourth-order valence-corrected chi connectivity index (χ4v) is 3.52. The van der Waals surface area contributed by atoms with Crippen LogP contribution in [0.15, 0.2) is 65.5 Å². The average Bonchev–Trinajstić information content (AvgIpc) is 3.02. The van der Waals surface area contributed by atoms with Gasteiger partial charge in [0.2, 0.25) is 0 Å². The number of para-hydroxylation sites is 2. The van der Waals surface area contributed by atoms with Crippen molar-refractivity contribution in [3.63, 3.8) is 0 Å². The summed E-state index contributed by atoms with van der Waals surface area (Å²) >= 11 is 0. The number of hydrogen-bond acceptors (Lipinski definition) is 4. The lowest BCUT2D eigenvalue weighted by Gasteiger charge is -2.13. The molecule has 29 heavy (non-hydrogen) atoms. The molecule has 0 saturated carbocycles. The van der Waals surface area contributed by atoms with Gasteiger partial charge in [0.15, 0.2) is 11.9 Å². The number of nitrogens with one attached hydrogen (secondary N) is 1. The number of benzene rings is 2. The van der Waals surface area contributed by atoms with Crippen molar-refractivity contribution < 1.29 is 9.53 Å². The molecule has 0 bridgehead atoms. The maximum absolute atomic E-state index is 12.8. The molecule has 0 saturated heterocycles. The predicted molar refractivity (Wildman–Crippen MR) is 111 cm³/mol. The van der Waals surface area contributed by atoms with Crippen LogP contribution in [0.25, 0.3) is 16.6 Å². The zero-order chi connectivity index (χ0) is 20.5. The second-order valence-corrected chi connectivity index (χ2v) is 6.97. The topological polar surface area (TPSA) is 77.0 Å². The fourth-order valence-electron chi connectivity index (χ4n) is 3.52. The molecule has 0 fully saturated rings. The monoisotopic (exact) mass is 387 g/mol. The number of ether oxygens (including phenoxy) is 1. The van der Waals surface area contributed by atoms with Gasteiger partial charge in [0.1, 0.15) is 0 Å². The molecule has 1 atom stereocenters. The van der Waals surface area contributed by atoms with Gasteiger partial charge in [-0.2, -0.15) is 0 Å². The van der Waals surface area contributed by atoms with E-state index in [4.69, 9.17) is 4.74 Å². The van der Waals surface area contributed by atoms with Crippen molar-refractivity contribution in [1.82, 2.24) is 14.5 Å². The van der Waals surface area contributed by atoms with Gasteiger partial charge in [-0.05, 0) is 51.1 Å². The Kier molecular flexibility index (Phi) is 4.76. The van der Waals surface area contributed by atoms with Crippen LogP contribution in [0.2, 0.25) is 0 Å². The summed E-state index contributed by atoms with van der Waals surface area (Å²) in [6.07, 6.45) is -0.695. The lowest BCUT2D eigenvalue weighted by Crippen LogP contribution is -2.17. The summed E-state index contributed by atoms with van der Waals surface area (Å²) in [4.78, 5) is 32.3. The Morgan fingerprint density at radius 1 is 1.07 bits per heavy atom. The van der Waals surface area contributed by atoms with Crippen molar-refractivity contribution in [3.8, 4) is 5.69 Å². The van der Waals surface area contributed by atoms with Crippen LogP contribution in [0.4, 0.5) is 0 Å². The minimum atomic E-state index is -0.695. The summed E-state index contributed by atoms with van der Waals surface area (Å²) in [6.45, 7) is 5.53. The van der Waals surface area contributed by atoms with Gasteiger partial charge in [-0.3, -0.25) is 4.79 Å². The number of H-pyrrole nitrogens is 1. The molecule has 4 rings (SSSR count). The van der Waals surface area contributed by atoms with Crippen LogP contribution in [0.3, 0.4) is 0 Å². The lowest BCUT2D eigenvalue weighted by atomic mass is 10.2. The number of rotatable bonds is 4. The summed E-state index contributed by atoms with van der Waals surface area (Å²) in [5.41, 5.74) is 3.51. The summed E-state index contributed by atoms with van der Waals surface area (Å²) in [5, 5.41) is 0.501. The van der Waals surface area contributed by atoms with Gasteiger partial charge < -0.3 is 14.3 Å². The van der Waals surface area contributed by atoms with Crippen molar-refractivity contribution in [2.75, 3.05) is 0 Å². The SMILES string of the molecule is Cc1cc(C(=O)O[C@@H](C)c2nc3ccccc3c(=O)[nH]2)c(C)n1-c1ccccc1. The van der Waals surface area contributed by atoms with Gasteiger partial charge in [-0.25, -0.2) is 9.78 Å². The Morgan fingerprint density at radius 2 is 1.76 bits per heavy atom. The molecule has 2 aromatic carbocycles. The normalized spacial score (nSPS) is 12.1. The van der Waals surface area contributed by atoms with E-state index in [2.05, 4.69) is 9.97 Å². The first kappa shape index (κ1) is 18.7. The zero-order valence-corrected chi connectivity index (χ0v) is 16.5. The molecule has 2 heterocycles. The van der Waals surface area contributed by atoms with E-state index in [1.165, 1.54) is 0 Å². The highest BCUT2D eigenvalue weighted by Gasteiger charge is 2.21. The first-order chi connectivity index (χ1) is 14.0. The molecule has 0 aliphatic heterocycles. The molecular formula is C23H21N3O3. The molecule has 2 aromatic heterocycles. The number of carbonyl (C=O) groups excluding carboxylic acids is 1. The number of aromatic nitrogens is 3. The molecule has 0 spiro atoms. The standard InChI is InChI=1S/C23H21N3O3/c1-14-13-19(15(2)26(14)17-9-5-4-6-10-17)23(28)29-16(3)21-24-20-12-8-7-11-18(20)22(27)25-21/h4-13,16H,1-3H3,(H,24,25,27)/t16-/m0/s1. The molecule has 0 unspecified atom stereocenters. The van der Waals surface area contributed by atoms with Crippen LogP contribution in [0, 0.1) is 13.8 Å². The van der Waals surface area contributed by atoms with Crippen molar-refractivity contribution >= 4 is 16.9 Å². The molecule has 0 amide bonds. The van der Waals surface area contributed by atoms with Crippen LogP contribution in [0.1, 0.15) is 40.6 Å². The first-order valence-electron chi connectivity index (χ1n) is 9.40. The molecule has 6 heteroatoms. The number of carbonyl (C=O) groups is 1. The van der Waals surface area contributed by atoms with E-state index in [-0.39, 0.29) is 5.56 Å². The predicted octanol–water partition coefficient (Wildman–Crippen LogP) is 4.25. The van der Waals surface area contributed by atoms with E-state index in [1.54, 1.807) is 25.1 Å². The maximum atomic E-state index is 12.8. The smallest absolute Gasteiger partial charge is 0.340 e. The quantitative estimate of drug-likeness (QED) is 0.531. The maximum Gasteiger partial charge on any atom is 0.340 e. The van der Waals surface area contributed by atoms with Crippen LogP contribution in [0.5, 0.6) is 0 Å². The second kappa shape index (κ2) is 7.39. The number of nitrogens with zero attached hydrogens (tertiary/aromatic N) is 2. The summed E-state index contributed by atoms with van der Waals surface area (Å²) in [7, 11) is 0. The van der Waals surface area contributed by atoms with Crippen molar-refractivity contribution in [3.05, 3.63) is 93.8 Å². The Balaban J connectivity index is 1.63. The van der Waals surface area contributed by atoms with E-state index in [0.29, 0.717) is 22.3 Å². The van der Waals surface area contributed by atoms with Gasteiger partial charge >= 0.3 is 5.97 Å². The minimum absolute atomic E-state index is 0.254. The number of aryl methyl sites for hydroxylation is 1. The van der Waals surface area contributed by atoms with Crippen molar-refractivity contribution in [2.45, 2.75) is 26.9 Å². The van der Waals surface area contributed by atoms with Gasteiger partial charge in [-0.15, -0.1) is 0 Å². The van der Waals surface area contributed by atoms with Crippen LogP contribution >= 0.6 is 0 Å². The van der Waals surface area contributed by atoms with Crippen molar-refractivity contribution in [2.24, 2.45) is 0 Å². The van der Waals surface area contributed by atoms with E-state index in [9.17, 15) is 9.59 Å². The Hall–Kier alpha value is -3.67. The number of hydrogen-bond donors (Lipinski definition) is 1. The van der Waals surface area contributed by atoms with Crippen molar-refractivity contribution in [1.29, 1.82) is 0 Å². The first-order valence-corrected chi connectivity index (χ1v) is 9.40. The number of esters is 1. The summed E-state index contributed by atoms with van der Waals surface area (Å²) in [6, 6.07) is 18.7. The molecule has 0 aliphatic rings. The number of fused-ring (bicyclic) bond motifs is 1. The third-order valence-electron chi connectivity index (χ3n) is 4.97. The molecule has 0 aliphatic carbocycles. The van der Waals surface area contributed by atoms with Crippen LogP contribution in [-0.2, 0) is 4.74 Å². The zero-order valence-electron chi connectivity index (χ0n) is 16.5. The molecule has 146 valence electrons. The van der Waals surface area contributed by atoms with Gasteiger partial charge in [-0.1, -0.05) is 30.3 Å². The highest BCUT2D eigenvalue weighted by atomic mass is 16.5.